The van der Waals surface area contributed by atoms with Crippen LogP contribution in [0.5, 0.6) is 0 Å². The quantitative estimate of drug-likeness (QED) is 0.643. The van der Waals surface area contributed by atoms with Gasteiger partial charge < -0.3 is 0 Å². The molecule has 0 amide bonds. The maximum Gasteiger partial charge on any atom is 0.121 e. The third kappa shape index (κ3) is 1.47. The van der Waals surface area contributed by atoms with E-state index in [1.54, 1.807) is 4.68 Å². The van der Waals surface area contributed by atoms with Gasteiger partial charge in [-0.2, -0.15) is 5.10 Å². The highest BCUT2D eigenvalue weighted by Crippen LogP contribution is 2.21. The second kappa shape index (κ2) is 3.05. The molecule has 0 fully saturated rings. The summed E-state index contributed by atoms with van der Waals surface area (Å²) in [7, 11) is 1.90. The Labute approximate surface area is 77.8 Å². The summed E-state index contributed by atoms with van der Waals surface area (Å²) in [6.07, 6.45) is 4.95. The molecular weight excluding hydrogens is 160 g/mol. The number of benzene rings is 1. The highest BCUT2D eigenvalue weighted by molar-refractivity contribution is 5.64. The van der Waals surface area contributed by atoms with E-state index in [4.69, 9.17) is 0 Å². The van der Waals surface area contributed by atoms with E-state index in [2.05, 4.69) is 30.4 Å². The van der Waals surface area contributed by atoms with Crippen LogP contribution in [-0.2, 0) is 7.05 Å². The second-order valence-corrected chi connectivity index (χ2v) is 3.14. The van der Waals surface area contributed by atoms with Crippen molar-refractivity contribution in [1.29, 1.82) is 0 Å². The summed E-state index contributed by atoms with van der Waals surface area (Å²) in [5, 5.41) is 4.03. The molecule has 13 heavy (non-hydrogen) atoms. The minimum atomic E-state index is 1.06. The smallest absolute Gasteiger partial charge is 0.121 e. The molecule has 0 aliphatic rings. The van der Waals surface area contributed by atoms with Crippen molar-refractivity contribution in [2.75, 3.05) is 0 Å². The molecule has 0 unspecified atom stereocenters. The summed E-state index contributed by atoms with van der Waals surface area (Å²) < 4.78 is 1.77. The molecule has 0 atom stereocenters. The van der Waals surface area contributed by atoms with Crippen molar-refractivity contribution in [1.82, 2.24) is 9.78 Å². The lowest BCUT2D eigenvalue weighted by Gasteiger charge is -2.00. The van der Waals surface area contributed by atoms with E-state index < -0.39 is 0 Å². The Balaban J connectivity index is 2.52. The summed E-state index contributed by atoms with van der Waals surface area (Å²) in [6, 6.07) is 8.25. The first-order chi connectivity index (χ1) is 6.27. The molecule has 0 bridgehead atoms. The minimum Gasteiger partial charge on any atom is -0.274 e. The third-order valence-corrected chi connectivity index (χ3v) is 2.08. The molecule has 2 nitrogen and oxygen atoms in total. The Hall–Kier alpha value is -1.57. The van der Waals surface area contributed by atoms with Gasteiger partial charge in [0.1, 0.15) is 6.20 Å². The van der Waals surface area contributed by atoms with E-state index in [1.165, 1.54) is 11.1 Å². The van der Waals surface area contributed by atoms with Crippen molar-refractivity contribution in [3.8, 4) is 11.1 Å². The number of aryl methyl sites for hydroxylation is 2. The molecule has 2 rings (SSSR count). The lowest BCUT2D eigenvalue weighted by Crippen LogP contribution is -1.84. The van der Waals surface area contributed by atoms with Crippen molar-refractivity contribution >= 4 is 0 Å². The van der Waals surface area contributed by atoms with Crippen molar-refractivity contribution in [2.45, 2.75) is 6.92 Å². The van der Waals surface area contributed by atoms with Gasteiger partial charge in [-0.3, -0.25) is 4.68 Å². The largest absolute Gasteiger partial charge is 0.274 e. The lowest BCUT2D eigenvalue weighted by atomic mass is 10.0. The number of hydrogen-bond acceptors (Lipinski definition) is 1. The zero-order chi connectivity index (χ0) is 9.26. The normalized spacial score (nSPS) is 10.3. The molecule has 2 aromatic rings. The van der Waals surface area contributed by atoms with E-state index in [9.17, 15) is 0 Å². The molecule has 1 aromatic heterocycles. The van der Waals surface area contributed by atoms with Gasteiger partial charge in [0.05, 0.1) is 0 Å². The summed E-state index contributed by atoms with van der Waals surface area (Å²) in [5.74, 6) is 0. The number of nitrogens with zero attached hydrogens (tertiary/aromatic N) is 2. The molecule has 0 aliphatic heterocycles. The maximum absolute atomic E-state index is 4.03. The first-order valence-corrected chi connectivity index (χ1v) is 4.25. The van der Waals surface area contributed by atoms with Crippen molar-refractivity contribution in [3.63, 3.8) is 0 Å². The van der Waals surface area contributed by atoms with Crippen LogP contribution in [0.15, 0.2) is 30.5 Å². The minimum absolute atomic E-state index is 1.06. The fourth-order valence-corrected chi connectivity index (χ4v) is 1.38. The van der Waals surface area contributed by atoms with Crippen LogP contribution in [-0.4, -0.2) is 9.78 Å². The Morgan fingerprint density at radius 2 is 2.08 bits per heavy atom. The number of hydrogen-bond donors (Lipinski definition) is 0. The first-order valence-electron chi connectivity index (χ1n) is 4.25. The van der Waals surface area contributed by atoms with E-state index in [0.29, 0.717) is 0 Å². The predicted molar refractivity (Wildman–Crippen MR) is 52.2 cm³/mol. The molecule has 0 aliphatic carbocycles. The molecule has 65 valence electrons. The van der Waals surface area contributed by atoms with Gasteiger partial charge in [-0.25, -0.2) is 0 Å². The Kier molecular flexibility index (Phi) is 1.89. The van der Waals surface area contributed by atoms with Crippen molar-refractivity contribution in [3.05, 3.63) is 42.2 Å². The van der Waals surface area contributed by atoms with Crippen molar-refractivity contribution < 1.29 is 0 Å². The van der Waals surface area contributed by atoms with E-state index >= 15 is 0 Å². The van der Waals surface area contributed by atoms with Gasteiger partial charge in [0.25, 0.3) is 0 Å². The highest BCUT2D eigenvalue weighted by Gasteiger charge is 2.02. The number of rotatable bonds is 1. The molecule has 1 radical (unpaired) electrons. The second-order valence-electron chi connectivity index (χ2n) is 3.14. The van der Waals surface area contributed by atoms with Gasteiger partial charge in [-0.1, -0.05) is 24.3 Å². The Morgan fingerprint density at radius 1 is 1.31 bits per heavy atom. The van der Waals surface area contributed by atoms with Gasteiger partial charge in [0, 0.05) is 18.8 Å². The zero-order valence-electron chi connectivity index (χ0n) is 7.78. The molecule has 1 aromatic carbocycles. The van der Waals surface area contributed by atoms with E-state index in [-0.39, 0.29) is 0 Å². The van der Waals surface area contributed by atoms with Gasteiger partial charge >= 0.3 is 0 Å². The average Bonchev–Trinajstić information content (AvgIpc) is 2.53. The molecule has 0 spiro atoms. The van der Waals surface area contributed by atoms with Gasteiger partial charge in [0.2, 0.25) is 0 Å². The fourth-order valence-electron chi connectivity index (χ4n) is 1.38. The molecule has 2 heteroatoms. The topological polar surface area (TPSA) is 17.8 Å². The average molecular weight is 171 g/mol. The Bertz CT molecular complexity index is 416. The monoisotopic (exact) mass is 171 g/mol. The summed E-state index contributed by atoms with van der Waals surface area (Å²) in [4.78, 5) is 0. The fraction of sp³-hybridized carbons (Fsp3) is 0.182. The summed E-state index contributed by atoms with van der Waals surface area (Å²) >= 11 is 0. The molecule has 0 saturated carbocycles. The van der Waals surface area contributed by atoms with Crippen LogP contribution in [0.3, 0.4) is 0 Å². The third-order valence-electron chi connectivity index (χ3n) is 2.08. The van der Waals surface area contributed by atoms with Crippen LogP contribution in [0, 0.1) is 13.1 Å². The molecular formula is C11H11N2. The molecule has 0 N–H and O–H groups in total. The predicted octanol–water partition coefficient (Wildman–Crippen LogP) is 2.20. The standard InChI is InChI=1S/C11H11N2/c1-9-5-3-4-6-11(9)10-7-12-13(2)8-10/h3-6,8H,1-2H3. The van der Waals surface area contributed by atoms with E-state index in [0.717, 1.165) is 5.56 Å². The van der Waals surface area contributed by atoms with E-state index in [1.807, 2.05) is 25.4 Å². The van der Waals surface area contributed by atoms with Crippen LogP contribution in [0.1, 0.15) is 5.56 Å². The van der Waals surface area contributed by atoms with Crippen LogP contribution < -0.4 is 0 Å². The van der Waals surface area contributed by atoms with Crippen LogP contribution >= 0.6 is 0 Å². The molecule has 0 saturated heterocycles. The molecule has 1 heterocycles. The van der Waals surface area contributed by atoms with Crippen molar-refractivity contribution in [2.24, 2.45) is 7.05 Å². The first kappa shape index (κ1) is 8.05. The highest BCUT2D eigenvalue weighted by atomic mass is 15.2. The van der Waals surface area contributed by atoms with Crippen LogP contribution in [0.25, 0.3) is 11.1 Å². The maximum atomic E-state index is 4.03. The number of aromatic nitrogens is 2. The van der Waals surface area contributed by atoms with Gasteiger partial charge in [0.15, 0.2) is 0 Å². The van der Waals surface area contributed by atoms with Gasteiger partial charge in [-0.05, 0) is 18.1 Å². The summed E-state index contributed by atoms with van der Waals surface area (Å²) in [6.45, 7) is 2.09. The lowest BCUT2D eigenvalue weighted by molar-refractivity contribution is 0.765. The SMILES string of the molecule is Cc1ccccc1-c1[c]nn(C)c1. The van der Waals surface area contributed by atoms with Crippen LogP contribution in [0.4, 0.5) is 0 Å². The Morgan fingerprint density at radius 3 is 2.69 bits per heavy atom. The van der Waals surface area contributed by atoms with Crippen LogP contribution in [0.2, 0.25) is 0 Å². The van der Waals surface area contributed by atoms with Gasteiger partial charge in [-0.15, -0.1) is 0 Å². The zero-order valence-corrected chi connectivity index (χ0v) is 7.78. The summed E-state index contributed by atoms with van der Waals surface area (Å²) in [5.41, 5.74) is 3.52.